The molecule has 0 saturated carbocycles. The number of carbonyl (C=O) groups excluding carboxylic acids is 1. The molecule has 0 bridgehead atoms. The van der Waals surface area contributed by atoms with Gasteiger partial charge in [-0.25, -0.2) is 17.2 Å². The fourth-order valence-electron chi connectivity index (χ4n) is 3.99. The van der Waals surface area contributed by atoms with Crippen LogP contribution in [0, 0.1) is 5.41 Å². The third-order valence-electron chi connectivity index (χ3n) is 5.82. The Kier molecular flexibility index (Phi) is 7.02. The fraction of sp³-hybridized carbons (Fsp3) is 0.522. The van der Waals surface area contributed by atoms with Gasteiger partial charge in [0.2, 0.25) is 10.0 Å². The maximum absolute atomic E-state index is 13.1. The molecule has 2 heterocycles. The molecule has 1 aliphatic rings. The van der Waals surface area contributed by atoms with Crippen molar-refractivity contribution in [3.8, 4) is 0 Å². The number of amides is 1. The lowest BCUT2D eigenvalue weighted by Crippen LogP contribution is -2.48. The standard InChI is InChI=1S/C23H32N2O6S/c1-22(2,3)31-21(28)24-14-11-23(17-26,12-15-24)20(27)19-10-7-13-25(19)32(29,30)16-18-8-5-4-6-9-18/h4-10,13,20,26-27H,11-12,14-17H2,1-3H3. The molecule has 2 N–H and O–H groups in total. The van der Waals surface area contributed by atoms with Gasteiger partial charge in [-0.1, -0.05) is 30.3 Å². The molecule has 32 heavy (non-hydrogen) atoms. The van der Waals surface area contributed by atoms with Crippen molar-refractivity contribution >= 4 is 16.1 Å². The second-order valence-corrected chi connectivity index (χ2v) is 11.2. The monoisotopic (exact) mass is 464 g/mol. The Morgan fingerprint density at radius 2 is 1.75 bits per heavy atom. The first-order chi connectivity index (χ1) is 15.0. The van der Waals surface area contributed by atoms with E-state index in [4.69, 9.17) is 4.74 Å². The second-order valence-electron chi connectivity index (χ2n) is 9.36. The minimum absolute atomic E-state index is 0.208. The van der Waals surface area contributed by atoms with Gasteiger partial charge in [-0.2, -0.15) is 0 Å². The molecule has 1 aromatic heterocycles. The van der Waals surface area contributed by atoms with E-state index in [1.807, 2.05) is 6.07 Å². The molecule has 1 amide bonds. The van der Waals surface area contributed by atoms with E-state index >= 15 is 0 Å². The molecule has 1 aromatic carbocycles. The molecule has 176 valence electrons. The summed E-state index contributed by atoms with van der Waals surface area (Å²) in [5.74, 6) is -0.208. The summed E-state index contributed by atoms with van der Waals surface area (Å²) in [7, 11) is -3.77. The molecule has 1 unspecified atom stereocenters. The highest BCUT2D eigenvalue weighted by molar-refractivity contribution is 7.89. The van der Waals surface area contributed by atoms with E-state index in [2.05, 4.69) is 0 Å². The van der Waals surface area contributed by atoms with Gasteiger partial charge in [0, 0.05) is 24.7 Å². The van der Waals surface area contributed by atoms with Crippen molar-refractivity contribution < 1.29 is 28.2 Å². The van der Waals surface area contributed by atoms with Gasteiger partial charge in [0.25, 0.3) is 0 Å². The van der Waals surface area contributed by atoms with E-state index in [-0.39, 0.29) is 18.1 Å². The minimum Gasteiger partial charge on any atom is -0.444 e. The molecular formula is C23H32N2O6S. The fourth-order valence-corrected chi connectivity index (χ4v) is 5.48. The predicted molar refractivity (Wildman–Crippen MR) is 120 cm³/mol. The lowest BCUT2D eigenvalue weighted by molar-refractivity contribution is -0.0651. The summed E-state index contributed by atoms with van der Waals surface area (Å²) < 4.78 is 32.6. The van der Waals surface area contributed by atoms with Crippen LogP contribution in [-0.2, 0) is 20.5 Å². The van der Waals surface area contributed by atoms with Crippen molar-refractivity contribution in [1.82, 2.24) is 8.87 Å². The van der Waals surface area contributed by atoms with Crippen LogP contribution in [0.2, 0.25) is 0 Å². The van der Waals surface area contributed by atoms with Crippen LogP contribution >= 0.6 is 0 Å². The van der Waals surface area contributed by atoms with Crippen molar-refractivity contribution in [2.75, 3.05) is 19.7 Å². The van der Waals surface area contributed by atoms with Gasteiger partial charge in [-0.15, -0.1) is 0 Å². The molecule has 2 aromatic rings. The Balaban J connectivity index is 1.78. The van der Waals surface area contributed by atoms with E-state index in [0.717, 1.165) is 3.97 Å². The zero-order valence-corrected chi connectivity index (χ0v) is 19.6. The predicted octanol–water partition coefficient (Wildman–Crippen LogP) is 2.91. The number of nitrogens with zero attached hydrogens (tertiary/aromatic N) is 2. The summed E-state index contributed by atoms with van der Waals surface area (Å²) in [4.78, 5) is 13.9. The van der Waals surface area contributed by atoms with Crippen LogP contribution in [0.3, 0.4) is 0 Å². The third kappa shape index (κ3) is 5.33. The van der Waals surface area contributed by atoms with Crippen molar-refractivity contribution in [1.29, 1.82) is 0 Å². The third-order valence-corrected chi connectivity index (χ3v) is 7.45. The van der Waals surface area contributed by atoms with Gasteiger partial charge < -0.3 is 19.8 Å². The number of ether oxygens (including phenoxy) is 1. The number of aromatic nitrogens is 1. The molecule has 0 radical (unpaired) electrons. The Hall–Kier alpha value is -2.36. The smallest absolute Gasteiger partial charge is 0.410 e. The first-order valence-electron chi connectivity index (χ1n) is 10.7. The summed E-state index contributed by atoms with van der Waals surface area (Å²) in [6, 6.07) is 12.0. The summed E-state index contributed by atoms with van der Waals surface area (Å²) in [5.41, 5.74) is -0.725. The number of aliphatic hydroxyl groups excluding tert-OH is 2. The summed E-state index contributed by atoms with van der Waals surface area (Å²) in [6.07, 6.45) is 0.389. The minimum atomic E-state index is -3.77. The van der Waals surface area contributed by atoms with Crippen molar-refractivity contribution in [2.24, 2.45) is 5.41 Å². The molecule has 1 saturated heterocycles. The van der Waals surface area contributed by atoms with E-state index in [1.54, 1.807) is 62.1 Å². The SMILES string of the molecule is CC(C)(C)OC(=O)N1CCC(CO)(C(O)c2cccn2S(=O)(=O)Cc2ccccc2)CC1. The first kappa shape index (κ1) is 24.3. The van der Waals surface area contributed by atoms with Crippen LogP contribution in [0.5, 0.6) is 0 Å². The highest BCUT2D eigenvalue weighted by Gasteiger charge is 2.44. The Bertz CT molecular complexity index is 1020. The van der Waals surface area contributed by atoms with Crippen molar-refractivity contribution in [3.05, 3.63) is 59.9 Å². The number of rotatable bonds is 6. The van der Waals surface area contributed by atoms with Gasteiger partial charge in [0.15, 0.2) is 0 Å². The summed E-state index contributed by atoms with van der Waals surface area (Å²) >= 11 is 0. The first-order valence-corrected chi connectivity index (χ1v) is 12.3. The van der Waals surface area contributed by atoms with Crippen LogP contribution in [0.15, 0.2) is 48.7 Å². The van der Waals surface area contributed by atoms with Crippen LogP contribution in [0.4, 0.5) is 4.79 Å². The highest BCUT2D eigenvalue weighted by Crippen LogP contribution is 2.43. The normalized spacial score (nSPS) is 17.7. The number of aliphatic hydroxyl groups is 2. The number of benzene rings is 1. The molecule has 1 atom stereocenters. The molecule has 9 heteroatoms. The summed E-state index contributed by atoms with van der Waals surface area (Å²) in [6.45, 7) is 5.64. The largest absolute Gasteiger partial charge is 0.444 e. The van der Waals surface area contributed by atoms with E-state index in [0.29, 0.717) is 31.5 Å². The average Bonchev–Trinajstić information content (AvgIpc) is 3.23. The maximum atomic E-state index is 13.1. The zero-order chi connectivity index (χ0) is 23.6. The summed E-state index contributed by atoms with van der Waals surface area (Å²) in [5, 5.41) is 21.4. The molecule has 8 nitrogen and oxygen atoms in total. The molecule has 0 aliphatic carbocycles. The number of piperidine rings is 1. The highest BCUT2D eigenvalue weighted by atomic mass is 32.2. The molecule has 1 fully saturated rings. The Labute approximate surface area is 189 Å². The number of hydrogen-bond donors (Lipinski definition) is 2. The molecule has 1 aliphatic heterocycles. The van der Waals surface area contributed by atoms with Crippen LogP contribution in [-0.4, -0.2) is 58.9 Å². The molecular weight excluding hydrogens is 432 g/mol. The van der Waals surface area contributed by atoms with E-state index in [9.17, 15) is 23.4 Å². The second kappa shape index (κ2) is 9.25. The lowest BCUT2D eigenvalue weighted by atomic mass is 9.73. The number of likely N-dealkylation sites (tertiary alicyclic amines) is 1. The van der Waals surface area contributed by atoms with E-state index in [1.165, 1.54) is 6.20 Å². The quantitative estimate of drug-likeness (QED) is 0.680. The van der Waals surface area contributed by atoms with Gasteiger partial charge >= 0.3 is 6.09 Å². The molecule has 3 rings (SSSR count). The maximum Gasteiger partial charge on any atom is 0.410 e. The van der Waals surface area contributed by atoms with Crippen molar-refractivity contribution in [2.45, 2.75) is 51.1 Å². The van der Waals surface area contributed by atoms with Gasteiger partial charge in [0.05, 0.1) is 18.1 Å². The van der Waals surface area contributed by atoms with Gasteiger partial charge in [-0.3, -0.25) is 0 Å². The van der Waals surface area contributed by atoms with Crippen molar-refractivity contribution in [3.63, 3.8) is 0 Å². The number of carbonyl (C=O) groups is 1. The van der Waals surface area contributed by atoms with Crippen LogP contribution in [0.25, 0.3) is 0 Å². The van der Waals surface area contributed by atoms with Crippen LogP contribution in [0.1, 0.15) is 51.0 Å². The topological polar surface area (TPSA) is 109 Å². The molecule has 0 spiro atoms. The van der Waals surface area contributed by atoms with E-state index < -0.39 is 33.2 Å². The zero-order valence-electron chi connectivity index (χ0n) is 18.8. The van der Waals surface area contributed by atoms with Gasteiger partial charge in [0.1, 0.15) is 11.7 Å². The Morgan fingerprint density at radius 1 is 1.12 bits per heavy atom. The number of hydrogen-bond acceptors (Lipinski definition) is 6. The van der Waals surface area contributed by atoms with Crippen LogP contribution < -0.4 is 0 Å². The lowest BCUT2D eigenvalue weighted by Gasteiger charge is -2.43. The van der Waals surface area contributed by atoms with Gasteiger partial charge in [-0.05, 0) is 51.3 Å². The average molecular weight is 465 g/mol. The Morgan fingerprint density at radius 3 is 2.31 bits per heavy atom.